The summed E-state index contributed by atoms with van der Waals surface area (Å²) in [7, 11) is 3.40. The van der Waals surface area contributed by atoms with Gasteiger partial charge in [0.2, 0.25) is 0 Å². The van der Waals surface area contributed by atoms with E-state index < -0.39 is 0 Å². The molecule has 1 atom stereocenters. The highest BCUT2D eigenvalue weighted by Gasteiger charge is 2.14. The minimum atomic E-state index is -0.254. The van der Waals surface area contributed by atoms with Crippen LogP contribution in [0.1, 0.15) is 11.1 Å². The summed E-state index contributed by atoms with van der Waals surface area (Å²) in [5, 5.41) is 7.45. The van der Waals surface area contributed by atoms with Crippen molar-refractivity contribution in [1.29, 1.82) is 0 Å². The third-order valence-electron chi connectivity index (χ3n) is 3.20. The fourth-order valence-electron chi connectivity index (χ4n) is 2.11. The third-order valence-corrected chi connectivity index (χ3v) is 3.93. The van der Waals surface area contributed by atoms with E-state index in [0.29, 0.717) is 17.7 Å². The lowest BCUT2D eigenvalue weighted by atomic mass is 10.00. The summed E-state index contributed by atoms with van der Waals surface area (Å²) in [4.78, 5) is 0. The average Bonchev–Trinajstić information content (AvgIpc) is 2.93. The van der Waals surface area contributed by atoms with E-state index in [9.17, 15) is 4.39 Å². The molecule has 0 radical (unpaired) electrons. The van der Waals surface area contributed by atoms with Gasteiger partial charge in [0, 0.05) is 6.04 Å². The lowest BCUT2D eigenvalue weighted by Crippen LogP contribution is -2.30. The van der Waals surface area contributed by atoms with Gasteiger partial charge < -0.3 is 10.1 Å². The number of nitrogens with one attached hydrogen (secondary N) is 1. The molecule has 0 bridgehead atoms. The number of hydrogen-bond donors (Lipinski definition) is 1. The van der Waals surface area contributed by atoms with Gasteiger partial charge in [0.15, 0.2) is 11.6 Å². The first-order chi connectivity index (χ1) is 9.24. The van der Waals surface area contributed by atoms with E-state index in [-0.39, 0.29) is 11.9 Å². The molecule has 1 unspecified atom stereocenters. The highest BCUT2D eigenvalue weighted by molar-refractivity contribution is 7.07. The number of likely N-dealkylation sites (N-methyl/N-ethyl adjacent to an activating group) is 1. The molecule has 102 valence electrons. The Bertz CT molecular complexity index is 513. The molecule has 0 spiro atoms. The Morgan fingerprint density at radius 2 is 2.16 bits per heavy atom. The second kappa shape index (κ2) is 6.68. The van der Waals surface area contributed by atoms with Crippen LogP contribution >= 0.6 is 11.3 Å². The first-order valence-electron chi connectivity index (χ1n) is 6.24. The second-order valence-electron chi connectivity index (χ2n) is 4.46. The molecule has 2 aromatic rings. The molecule has 19 heavy (non-hydrogen) atoms. The Labute approximate surface area is 117 Å². The maximum atomic E-state index is 14.1. The van der Waals surface area contributed by atoms with E-state index in [1.54, 1.807) is 17.4 Å². The Hall–Kier alpha value is -1.39. The summed E-state index contributed by atoms with van der Waals surface area (Å²) in [5.74, 6) is 0.0541. The van der Waals surface area contributed by atoms with Gasteiger partial charge in [-0.15, -0.1) is 0 Å². The lowest BCUT2D eigenvalue weighted by Gasteiger charge is -2.16. The maximum Gasteiger partial charge on any atom is 0.168 e. The van der Waals surface area contributed by atoms with Gasteiger partial charge in [-0.25, -0.2) is 4.39 Å². The standard InChI is InChI=1S/C15H18FNOS/c1-17-13(8-11-6-7-19-10-11)9-12-4-3-5-14(18-2)15(12)16/h3-7,10,13,17H,8-9H2,1-2H3. The SMILES string of the molecule is CNC(Cc1ccsc1)Cc1cccc(OC)c1F. The van der Waals surface area contributed by atoms with Gasteiger partial charge in [-0.1, -0.05) is 12.1 Å². The Balaban J connectivity index is 2.10. The Morgan fingerprint density at radius 1 is 1.32 bits per heavy atom. The van der Waals surface area contributed by atoms with Crippen LogP contribution in [0, 0.1) is 5.82 Å². The molecule has 2 nitrogen and oxygen atoms in total. The molecule has 0 amide bonds. The fourth-order valence-corrected chi connectivity index (χ4v) is 2.79. The lowest BCUT2D eigenvalue weighted by molar-refractivity contribution is 0.382. The van der Waals surface area contributed by atoms with Crippen molar-refractivity contribution in [3.05, 3.63) is 52.0 Å². The van der Waals surface area contributed by atoms with E-state index in [4.69, 9.17) is 4.74 Å². The smallest absolute Gasteiger partial charge is 0.168 e. The predicted octanol–water partition coefficient (Wildman–Crippen LogP) is 3.27. The number of methoxy groups -OCH3 is 1. The molecule has 2 rings (SSSR count). The molecular weight excluding hydrogens is 261 g/mol. The zero-order chi connectivity index (χ0) is 13.7. The minimum Gasteiger partial charge on any atom is -0.494 e. The molecule has 0 saturated heterocycles. The number of rotatable bonds is 6. The van der Waals surface area contributed by atoms with Gasteiger partial charge in [0.1, 0.15) is 0 Å². The molecule has 0 aliphatic heterocycles. The topological polar surface area (TPSA) is 21.3 Å². The van der Waals surface area contributed by atoms with Crippen LogP contribution in [0.25, 0.3) is 0 Å². The van der Waals surface area contributed by atoms with E-state index in [0.717, 1.165) is 6.42 Å². The average molecular weight is 279 g/mol. The van der Waals surface area contributed by atoms with Crippen molar-refractivity contribution >= 4 is 11.3 Å². The predicted molar refractivity (Wildman–Crippen MR) is 77.5 cm³/mol. The largest absolute Gasteiger partial charge is 0.494 e. The van der Waals surface area contributed by atoms with Crippen molar-refractivity contribution in [2.24, 2.45) is 0 Å². The van der Waals surface area contributed by atoms with Crippen LogP contribution in [-0.2, 0) is 12.8 Å². The number of halogens is 1. The zero-order valence-corrected chi connectivity index (χ0v) is 12.0. The Kier molecular flexibility index (Phi) is 4.93. The molecule has 0 aliphatic rings. The van der Waals surface area contributed by atoms with Crippen molar-refractivity contribution in [2.45, 2.75) is 18.9 Å². The van der Waals surface area contributed by atoms with E-state index in [1.807, 2.05) is 19.2 Å². The first kappa shape index (κ1) is 14.0. The van der Waals surface area contributed by atoms with E-state index in [2.05, 4.69) is 22.1 Å². The van der Waals surface area contributed by atoms with Gasteiger partial charge in [0.25, 0.3) is 0 Å². The van der Waals surface area contributed by atoms with Crippen LogP contribution in [-0.4, -0.2) is 20.2 Å². The summed E-state index contributed by atoms with van der Waals surface area (Å²) >= 11 is 1.69. The Morgan fingerprint density at radius 3 is 2.79 bits per heavy atom. The number of hydrogen-bond acceptors (Lipinski definition) is 3. The quantitative estimate of drug-likeness (QED) is 0.876. The normalized spacial score (nSPS) is 12.4. The molecule has 1 aromatic carbocycles. The maximum absolute atomic E-state index is 14.1. The molecule has 0 aliphatic carbocycles. The van der Waals surface area contributed by atoms with Gasteiger partial charge in [-0.05, 0) is 53.9 Å². The molecule has 0 fully saturated rings. The highest BCUT2D eigenvalue weighted by atomic mass is 32.1. The van der Waals surface area contributed by atoms with Crippen LogP contribution < -0.4 is 10.1 Å². The van der Waals surface area contributed by atoms with Gasteiger partial charge in [0.05, 0.1) is 7.11 Å². The van der Waals surface area contributed by atoms with Crippen molar-refractivity contribution in [2.75, 3.05) is 14.2 Å². The van der Waals surface area contributed by atoms with Gasteiger partial charge in [-0.2, -0.15) is 11.3 Å². The van der Waals surface area contributed by atoms with Gasteiger partial charge >= 0.3 is 0 Å². The third kappa shape index (κ3) is 3.55. The molecule has 1 aromatic heterocycles. The van der Waals surface area contributed by atoms with Crippen LogP contribution in [0.3, 0.4) is 0 Å². The highest BCUT2D eigenvalue weighted by Crippen LogP contribution is 2.22. The minimum absolute atomic E-state index is 0.219. The molecule has 1 N–H and O–H groups in total. The van der Waals surface area contributed by atoms with Gasteiger partial charge in [-0.3, -0.25) is 0 Å². The monoisotopic (exact) mass is 279 g/mol. The summed E-state index contributed by atoms with van der Waals surface area (Å²) in [6.45, 7) is 0. The van der Waals surface area contributed by atoms with Crippen molar-refractivity contribution in [3.63, 3.8) is 0 Å². The molecule has 0 saturated carbocycles. The van der Waals surface area contributed by atoms with Crippen LogP contribution in [0.5, 0.6) is 5.75 Å². The molecular formula is C15H18FNOS. The number of ether oxygens (including phenoxy) is 1. The van der Waals surface area contributed by atoms with E-state index >= 15 is 0 Å². The second-order valence-corrected chi connectivity index (χ2v) is 5.24. The summed E-state index contributed by atoms with van der Waals surface area (Å²) in [6, 6.07) is 7.61. The molecule has 4 heteroatoms. The number of benzene rings is 1. The van der Waals surface area contributed by atoms with E-state index in [1.165, 1.54) is 12.7 Å². The zero-order valence-electron chi connectivity index (χ0n) is 11.2. The molecule has 1 heterocycles. The fraction of sp³-hybridized carbons (Fsp3) is 0.333. The summed E-state index contributed by atoms with van der Waals surface area (Å²) < 4.78 is 19.1. The summed E-state index contributed by atoms with van der Waals surface area (Å²) in [6.07, 6.45) is 1.55. The van der Waals surface area contributed by atoms with Crippen molar-refractivity contribution in [1.82, 2.24) is 5.32 Å². The van der Waals surface area contributed by atoms with Crippen LogP contribution in [0.4, 0.5) is 4.39 Å². The van der Waals surface area contributed by atoms with Crippen molar-refractivity contribution < 1.29 is 9.13 Å². The van der Waals surface area contributed by atoms with Crippen LogP contribution in [0.2, 0.25) is 0 Å². The first-order valence-corrected chi connectivity index (χ1v) is 7.18. The van der Waals surface area contributed by atoms with Crippen LogP contribution in [0.15, 0.2) is 35.0 Å². The number of thiophene rings is 1. The summed E-state index contributed by atoms with van der Waals surface area (Å²) in [5.41, 5.74) is 1.97. The van der Waals surface area contributed by atoms with Crippen molar-refractivity contribution in [3.8, 4) is 5.75 Å².